The summed E-state index contributed by atoms with van der Waals surface area (Å²) >= 11 is 0. The van der Waals surface area contributed by atoms with Crippen molar-refractivity contribution in [2.24, 2.45) is 11.3 Å². The standard InChI is InChI=1S/C11H18O5/c1-5-15-9(13)8(10(14)16-6-2)11(3,4)7-12/h7-8H,5-6H2,1-4H3. The van der Waals surface area contributed by atoms with E-state index in [9.17, 15) is 14.4 Å². The van der Waals surface area contributed by atoms with Gasteiger partial charge in [0.05, 0.1) is 13.2 Å². The van der Waals surface area contributed by atoms with Gasteiger partial charge in [-0.25, -0.2) is 0 Å². The molecule has 92 valence electrons. The van der Waals surface area contributed by atoms with Crippen LogP contribution in [0.3, 0.4) is 0 Å². The molecule has 0 spiro atoms. The Balaban J connectivity index is 4.97. The van der Waals surface area contributed by atoms with Crippen molar-refractivity contribution in [3.05, 3.63) is 0 Å². The van der Waals surface area contributed by atoms with Crippen LogP contribution in [0.4, 0.5) is 0 Å². The largest absolute Gasteiger partial charge is 0.465 e. The monoisotopic (exact) mass is 230 g/mol. The summed E-state index contributed by atoms with van der Waals surface area (Å²) in [7, 11) is 0. The fourth-order valence-electron chi connectivity index (χ4n) is 1.22. The Morgan fingerprint density at radius 2 is 1.50 bits per heavy atom. The number of ether oxygens (including phenoxy) is 2. The smallest absolute Gasteiger partial charge is 0.321 e. The predicted octanol–water partition coefficient (Wildman–Crippen LogP) is 0.954. The predicted molar refractivity (Wildman–Crippen MR) is 56.6 cm³/mol. The molecule has 0 aliphatic carbocycles. The maximum Gasteiger partial charge on any atom is 0.321 e. The van der Waals surface area contributed by atoms with Crippen molar-refractivity contribution >= 4 is 18.2 Å². The van der Waals surface area contributed by atoms with Crippen molar-refractivity contribution in [2.45, 2.75) is 27.7 Å². The van der Waals surface area contributed by atoms with Gasteiger partial charge in [-0.15, -0.1) is 0 Å². The molecule has 0 atom stereocenters. The Bertz CT molecular complexity index is 252. The fourth-order valence-corrected chi connectivity index (χ4v) is 1.22. The Morgan fingerprint density at radius 3 is 1.75 bits per heavy atom. The quantitative estimate of drug-likeness (QED) is 0.386. The van der Waals surface area contributed by atoms with Crippen LogP contribution in [0.2, 0.25) is 0 Å². The minimum absolute atomic E-state index is 0.156. The highest BCUT2D eigenvalue weighted by Gasteiger charge is 2.43. The lowest BCUT2D eigenvalue weighted by Gasteiger charge is -2.25. The van der Waals surface area contributed by atoms with E-state index in [-0.39, 0.29) is 13.2 Å². The van der Waals surface area contributed by atoms with E-state index in [0.29, 0.717) is 6.29 Å². The SMILES string of the molecule is CCOC(=O)C(C(=O)OCC)C(C)(C)C=O. The molecule has 0 bridgehead atoms. The van der Waals surface area contributed by atoms with Gasteiger partial charge in [0.15, 0.2) is 5.92 Å². The van der Waals surface area contributed by atoms with Crippen LogP contribution in [0.25, 0.3) is 0 Å². The highest BCUT2D eigenvalue weighted by Crippen LogP contribution is 2.26. The van der Waals surface area contributed by atoms with Crippen LogP contribution < -0.4 is 0 Å². The van der Waals surface area contributed by atoms with Crippen LogP contribution in [0.5, 0.6) is 0 Å². The first-order valence-corrected chi connectivity index (χ1v) is 5.20. The van der Waals surface area contributed by atoms with Crippen LogP contribution in [-0.2, 0) is 23.9 Å². The topological polar surface area (TPSA) is 69.7 Å². The van der Waals surface area contributed by atoms with Crippen LogP contribution >= 0.6 is 0 Å². The third-order valence-electron chi connectivity index (χ3n) is 2.09. The number of rotatable bonds is 6. The lowest BCUT2D eigenvalue weighted by Crippen LogP contribution is -2.40. The minimum Gasteiger partial charge on any atom is -0.465 e. The number of esters is 2. The molecule has 0 unspecified atom stereocenters. The molecule has 0 amide bonds. The molecule has 0 saturated carbocycles. The van der Waals surface area contributed by atoms with Gasteiger partial charge in [-0.1, -0.05) is 13.8 Å². The maximum atomic E-state index is 11.6. The third-order valence-corrected chi connectivity index (χ3v) is 2.09. The summed E-state index contributed by atoms with van der Waals surface area (Å²) in [5, 5.41) is 0. The van der Waals surface area contributed by atoms with Gasteiger partial charge in [0.1, 0.15) is 6.29 Å². The van der Waals surface area contributed by atoms with Gasteiger partial charge in [-0.05, 0) is 13.8 Å². The zero-order valence-electron chi connectivity index (χ0n) is 10.1. The molecule has 0 rings (SSSR count). The highest BCUT2D eigenvalue weighted by molar-refractivity contribution is 5.98. The minimum atomic E-state index is -1.20. The van der Waals surface area contributed by atoms with Gasteiger partial charge in [0.25, 0.3) is 0 Å². The van der Waals surface area contributed by atoms with Gasteiger partial charge >= 0.3 is 11.9 Å². The fraction of sp³-hybridized carbons (Fsp3) is 0.727. The first-order chi connectivity index (χ1) is 7.40. The van der Waals surface area contributed by atoms with Gasteiger partial charge in [-0.2, -0.15) is 0 Å². The third kappa shape index (κ3) is 3.64. The molecule has 0 radical (unpaired) electrons. The second-order valence-electron chi connectivity index (χ2n) is 3.88. The summed E-state index contributed by atoms with van der Waals surface area (Å²) < 4.78 is 9.52. The molecule has 0 aromatic rings. The summed E-state index contributed by atoms with van der Waals surface area (Å²) in [6.07, 6.45) is 0.561. The lowest BCUT2D eigenvalue weighted by molar-refractivity contribution is -0.168. The maximum absolute atomic E-state index is 11.6. The van der Waals surface area contributed by atoms with Gasteiger partial charge in [0, 0.05) is 5.41 Å². The van der Waals surface area contributed by atoms with E-state index in [1.165, 1.54) is 13.8 Å². The lowest BCUT2D eigenvalue weighted by atomic mass is 9.80. The zero-order valence-corrected chi connectivity index (χ0v) is 10.1. The molecule has 0 N–H and O–H groups in total. The average molecular weight is 230 g/mol. The summed E-state index contributed by atoms with van der Waals surface area (Å²) in [5.41, 5.74) is -1.13. The van der Waals surface area contributed by atoms with Crippen LogP contribution in [0.1, 0.15) is 27.7 Å². The number of hydrogen-bond acceptors (Lipinski definition) is 5. The first-order valence-electron chi connectivity index (χ1n) is 5.20. The van der Waals surface area contributed by atoms with Gasteiger partial charge < -0.3 is 14.3 Å². The Kier molecular flexibility index (Phi) is 5.71. The summed E-state index contributed by atoms with van der Waals surface area (Å²) in [5.74, 6) is -2.65. The van der Waals surface area contributed by atoms with Crippen molar-refractivity contribution in [1.82, 2.24) is 0 Å². The second-order valence-corrected chi connectivity index (χ2v) is 3.88. The summed E-state index contributed by atoms with van der Waals surface area (Å²) in [6, 6.07) is 0. The first kappa shape index (κ1) is 14.6. The summed E-state index contributed by atoms with van der Waals surface area (Å²) in [4.78, 5) is 34.0. The van der Waals surface area contributed by atoms with Gasteiger partial charge in [-0.3, -0.25) is 9.59 Å². The molecular weight excluding hydrogens is 212 g/mol. The van der Waals surface area contributed by atoms with E-state index in [4.69, 9.17) is 9.47 Å². The summed E-state index contributed by atoms with van der Waals surface area (Å²) in [6.45, 7) is 6.58. The van der Waals surface area contributed by atoms with E-state index < -0.39 is 23.3 Å². The van der Waals surface area contributed by atoms with E-state index in [1.807, 2.05) is 0 Å². The van der Waals surface area contributed by atoms with Crippen LogP contribution in [-0.4, -0.2) is 31.4 Å². The highest BCUT2D eigenvalue weighted by atomic mass is 16.6. The molecule has 0 heterocycles. The van der Waals surface area contributed by atoms with E-state index in [1.54, 1.807) is 13.8 Å². The van der Waals surface area contributed by atoms with Crippen molar-refractivity contribution < 1.29 is 23.9 Å². The molecule has 5 heteroatoms. The molecule has 0 aromatic heterocycles. The number of hydrogen-bond donors (Lipinski definition) is 0. The molecule has 0 aliphatic heterocycles. The Labute approximate surface area is 95.1 Å². The number of carbonyl (C=O) groups is 3. The molecule has 0 aliphatic rings. The van der Waals surface area contributed by atoms with E-state index in [2.05, 4.69) is 0 Å². The van der Waals surface area contributed by atoms with E-state index in [0.717, 1.165) is 0 Å². The molecule has 16 heavy (non-hydrogen) atoms. The average Bonchev–Trinajstić information content (AvgIpc) is 2.18. The van der Waals surface area contributed by atoms with Crippen LogP contribution in [0, 0.1) is 11.3 Å². The molecule has 0 fully saturated rings. The van der Waals surface area contributed by atoms with Crippen molar-refractivity contribution in [3.63, 3.8) is 0 Å². The Morgan fingerprint density at radius 1 is 1.12 bits per heavy atom. The Hall–Kier alpha value is -1.39. The normalized spacial score (nSPS) is 11.1. The zero-order chi connectivity index (χ0) is 12.8. The van der Waals surface area contributed by atoms with Crippen LogP contribution in [0.15, 0.2) is 0 Å². The van der Waals surface area contributed by atoms with Gasteiger partial charge in [0.2, 0.25) is 0 Å². The van der Waals surface area contributed by atoms with Crippen molar-refractivity contribution in [2.75, 3.05) is 13.2 Å². The molecular formula is C11H18O5. The molecule has 0 saturated heterocycles. The molecule has 0 aromatic carbocycles. The van der Waals surface area contributed by atoms with Crippen molar-refractivity contribution in [3.8, 4) is 0 Å². The number of carbonyl (C=O) groups excluding carboxylic acids is 3. The van der Waals surface area contributed by atoms with Crippen molar-refractivity contribution in [1.29, 1.82) is 0 Å². The van der Waals surface area contributed by atoms with E-state index >= 15 is 0 Å². The second kappa shape index (κ2) is 6.25. The molecule has 5 nitrogen and oxygen atoms in total. The number of aldehydes is 1.